The molecule has 96 valence electrons. The first kappa shape index (κ1) is 11.5. The van der Waals surface area contributed by atoms with Gasteiger partial charge in [0.2, 0.25) is 0 Å². The highest BCUT2D eigenvalue weighted by Crippen LogP contribution is 2.29. The van der Waals surface area contributed by atoms with E-state index in [1.807, 2.05) is 42.8 Å². The molecule has 1 aromatic carbocycles. The Hall–Kier alpha value is -2.56. The van der Waals surface area contributed by atoms with Gasteiger partial charge in [0, 0.05) is 24.0 Å². The second kappa shape index (κ2) is 3.98. The molecule has 0 amide bonds. The number of aromatic nitrogens is 2. The standard InChI is InChI=1S/C14H12N2O3/c1-8-4-3-5-11-9(8)6-12(16(11)2)13-7-10(14(17)18)15-19-13/h3-7H,1-2H3,(H,17,18). The van der Waals surface area contributed by atoms with Crippen molar-refractivity contribution >= 4 is 16.9 Å². The Balaban J connectivity index is 2.22. The summed E-state index contributed by atoms with van der Waals surface area (Å²) in [6.07, 6.45) is 0. The van der Waals surface area contributed by atoms with Gasteiger partial charge in [-0.15, -0.1) is 0 Å². The van der Waals surface area contributed by atoms with Crippen molar-refractivity contribution in [2.24, 2.45) is 7.05 Å². The topological polar surface area (TPSA) is 68.3 Å². The maximum atomic E-state index is 10.8. The van der Waals surface area contributed by atoms with Crippen molar-refractivity contribution in [2.75, 3.05) is 0 Å². The summed E-state index contributed by atoms with van der Waals surface area (Å²) in [4.78, 5) is 10.8. The molecule has 0 aliphatic carbocycles. The summed E-state index contributed by atoms with van der Waals surface area (Å²) in [5.41, 5.74) is 2.96. The van der Waals surface area contributed by atoms with Crippen molar-refractivity contribution in [1.82, 2.24) is 9.72 Å². The quantitative estimate of drug-likeness (QED) is 0.765. The van der Waals surface area contributed by atoms with E-state index in [1.165, 1.54) is 6.07 Å². The highest BCUT2D eigenvalue weighted by atomic mass is 16.5. The summed E-state index contributed by atoms with van der Waals surface area (Å²) in [6, 6.07) is 9.46. The molecular weight excluding hydrogens is 244 g/mol. The van der Waals surface area contributed by atoms with Gasteiger partial charge in [-0.05, 0) is 24.6 Å². The van der Waals surface area contributed by atoms with Crippen molar-refractivity contribution in [3.8, 4) is 11.5 Å². The van der Waals surface area contributed by atoms with Crippen LogP contribution >= 0.6 is 0 Å². The predicted octanol–water partition coefficient (Wildman–Crippen LogP) is 2.84. The monoisotopic (exact) mass is 256 g/mol. The van der Waals surface area contributed by atoms with Crippen LogP contribution < -0.4 is 0 Å². The second-order valence-corrected chi connectivity index (χ2v) is 4.48. The number of nitrogens with zero attached hydrogens (tertiary/aromatic N) is 2. The minimum Gasteiger partial charge on any atom is -0.476 e. The average molecular weight is 256 g/mol. The maximum Gasteiger partial charge on any atom is 0.358 e. The molecule has 19 heavy (non-hydrogen) atoms. The van der Waals surface area contributed by atoms with E-state index in [-0.39, 0.29) is 5.69 Å². The third-order valence-corrected chi connectivity index (χ3v) is 3.29. The van der Waals surface area contributed by atoms with E-state index in [2.05, 4.69) is 5.16 Å². The van der Waals surface area contributed by atoms with Crippen molar-refractivity contribution in [2.45, 2.75) is 6.92 Å². The lowest BCUT2D eigenvalue weighted by atomic mass is 10.1. The summed E-state index contributed by atoms with van der Waals surface area (Å²) in [6.45, 7) is 2.04. The SMILES string of the molecule is Cc1cccc2c1cc(-c1cc(C(=O)O)no1)n2C. The third-order valence-electron chi connectivity index (χ3n) is 3.29. The molecule has 0 unspecified atom stereocenters. The average Bonchev–Trinajstić information content (AvgIpc) is 2.96. The van der Waals surface area contributed by atoms with Gasteiger partial charge in [-0.3, -0.25) is 0 Å². The van der Waals surface area contributed by atoms with Gasteiger partial charge in [0.15, 0.2) is 11.5 Å². The fourth-order valence-corrected chi connectivity index (χ4v) is 2.24. The van der Waals surface area contributed by atoms with Gasteiger partial charge in [0.05, 0.1) is 5.69 Å². The Morgan fingerprint density at radius 1 is 1.37 bits per heavy atom. The fraction of sp³-hybridized carbons (Fsp3) is 0.143. The molecule has 0 aliphatic heterocycles. The summed E-state index contributed by atoms with van der Waals surface area (Å²) in [7, 11) is 1.92. The molecule has 1 N–H and O–H groups in total. The lowest BCUT2D eigenvalue weighted by molar-refractivity contribution is 0.0686. The summed E-state index contributed by atoms with van der Waals surface area (Å²) in [5, 5.41) is 13.5. The molecule has 0 aliphatic rings. The summed E-state index contributed by atoms with van der Waals surface area (Å²) in [5.74, 6) is -0.638. The van der Waals surface area contributed by atoms with E-state index < -0.39 is 5.97 Å². The normalized spacial score (nSPS) is 11.1. The molecule has 0 saturated heterocycles. The molecule has 0 atom stereocenters. The lowest BCUT2D eigenvalue weighted by Crippen LogP contribution is -1.94. The first-order valence-corrected chi connectivity index (χ1v) is 5.83. The molecule has 5 heteroatoms. The number of aromatic carboxylic acids is 1. The highest BCUT2D eigenvalue weighted by Gasteiger charge is 2.16. The Morgan fingerprint density at radius 2 is 2.16 bits per heavy atom. The lowest BCUT2D eigenvalue weighted by Gasteiger charge is -2.00. The van der Waals surface area contributed by atoms with Crippen LogP contribution in [0.2, 0.25) is 0 Å². The summed E-state index contributed by atoms with van der Waals surface area (Å²) >= 11 is 0. The van der Waals surface area contributed by atoms with Gasteiger partial charge >= 0.3 is 5.97 Å². The van der Waals surface area contributed by atoms with Crippen LogP contribution in [0, 0.1) is 6.92 Å². The van der Waals surface area contributed by atoms with Gasteiger partial charge in [-0.2, -0.15) is 0 Å². The highest BCUT2D eigenvalue weighted by molar-refractivity contribution is 5.90. The smallest absolute Gasteiger partial charge is 0.358 e. The zero-order chi connectivity index (χ0) is 13.6. The number of carbonyl (C=O) groups is 1. The first-order chi connectivity index (χ1) is 9.08. The van der Waals surface area contributed by atoms with Crippen LogP contribution in [0.4, 0.5) is 0 Å². The number of carboxylic acids is 1. The fourth-order valence-electron chi connectivity index (χ4n) is 2.24. The van der Waals surface area contributed by atoms with E-state index in [9.17, 15) is 4.79 Å². The van der Waals surface area contributed by atoms with Crippen molar-refractivity contribution in [3.05, 3.63) is 41.6 Å². The zero-order valence-electron chi connectivity index (χ0n) is 10.5. The van der Waals surface area contributed by atoms with Crippen LogP contribution in [0.3, 0.4) is 0 Å². The zero-order valence-corrected chi connectivity index (χ0v) is 10.5. The number of carboxylic acid groups (broad SMARTS) is 1. The van der Waals surface area contributed by atoms with Crippen LogP contribution in [-0.2, 0) is 7.05 Å². The maximum absolute atomic E-state index is 10.8. The molecule has 0 spiro atoms. The van der Waals surface area contributed by atoms with Crippen LogP contribution in [-0.4, -0.2) is 20.8 Å². The number of hydrogen-bond acceptors (Lipinski definition) is 3. The minimum absolute atomic E-state index is 0.0861. The predicted molar refractivity (Wildman–Crippen MR) is 70.1 cm³/mol. The molecule has 2 aromatic heterocycles. The minimum atomic E-state index is -1.09. The molecule has 3 rings (SSSR count). The Labute approximate surface area is 109 Å². The molecule has 0 bridgehead atoms. The van der Waals surface area contributed by atoms with Crippen LogP contribution in [0.1, 0.15) is 16.1 Å². The van der Waals surface area contributed by atoms with E-state index >= 15 is 0 Å². The van der Waals surface area contributed by atoms with Gasteiger partial charge in [0.1, 0.15) is 0 Å². The van der Waals surface area contributed by atoms with Crippen LogP contribution in [0.15, 0.2) is 34.9 Å². The van der Waals surface area contributed by atoms with Crippen molar-refractivity contribution in [1.29, 1.82) is 0 Å². The van der Waals surface area contributed by atoms with E-state index in [0.717, 1.165) is 22.2 Å². The molecule has 3 aromatic rings. The van der Waals surface area contributed by atoms with E-state index in [1.54, 1.807) is 0 Å². The molecular formula is C14H12N2O3. The van der Waals surface area contributed by atoms with Gasteiger partial charge < -0.3 is 14.2 Å². The number of fused-ring (bicyclic) bond motifs is 1. The molecule has 5 nitrogen and oxygen atoms in total. The van der Waals surface area contributed by atoms with Crippen LogP contribution in [0.5, 0.6) is 0 Å². The molecule has 2 heterocycles. The van der Waals surface area contributed by atoms with Crippen LogP contribution in [0.25, 0.3) is 22.4 Å². The number of aryl methyl sites for hydroxylation is 2. The molecule has 0 radical (unpaired) electrons. The molecule has 0 fully saturated rings. The molecule has 0 saturated carbocycles. The van der Waals surface area contributed by atoms with E-state index in [4.69, 9.17) is 9.63 Å². The van der Waals surface area contributed by atoms with E-state index in [0.29, 0.717) is 5.76 Å². The van der Waals surface area contributed by atoms with Gasteiger partial charge in [0.25, 0.3) is 0 Å². The number of rotatable bonds is 2. The Bertz CT molecular complexity index is 783. The summed E-state index contributed by atoms with van der Waals surface area (Å²) < 4.78 is 7.08. The Morgan fingerprint density at radius 3 is 2.79 bits per heavy atom. The van der Waals surface area contributed by atoms with Crippen molar-refractivity contribution < 1.29 is 14.4 Å². The van der Waals surface area contributed by atoms with Gasteiger partial charge in [-0.25, -0.2) is 4.79 Å². The third kappa shape index (κ3) is 1.71. The Kier molecular flexibility index (Phi) is 2.41. The number of benzene rings is 1. The second-order valence-electron chi connectivity index (χ2n) is 4.48. The van der Waals surface area contributed by atoms with Gasteiger partial charge in [-0.1, -0.05) is 17.3 Å². The van der Waals surface area contributed by atoms with Crippen molar-refractivity contribution in [3.63, 3.8) is 0 Å². The largest absolute Gasteiger partial charge is 0.476 e. The first-order valence-electron chi connectivity index (χ1n) is 5.83. The number of hydrogen-bond donors (Lipinski definition) is 1.